The number of nitrogens with zero attached hydrogens (tertiary/aromatic N) is 3. The van der Waals surface area contributed by atoms with E-state index in [1.165, 1.54) is 6.07 Å². The quantitative estimate of drug-likeness (QED) is 0.875. The lowest BCUT2D eigenvalue weighted by atomic mass is 10.2. The molecule has 0 unspecified atom stereocenters. The molecule has 0 saturated carbocycles. The number of rotatable bonds is 4. The summed E-state index contributed by atoms with van der Waals surface area (Å²) < 4.78 is 27.8. The van der Waals surface area contributed by atoms with E-state index in [-0.39, 0.29) is 6.54 Å². The average Bonchev–Trinajstić information content (AvgIpc) is 2.70. The first-order valence-corrected chi connectivity index (χ1v) is 5.15. The van der Waals surface area contributed by atoms with Crippen molar-refractivity contribution in [3.05, 3.63) is 47.3 Å². The molecule has 6 heteroatoms. The number of halogens is 2. The highest BCUT2D eigenvalue weighted by Crippen LogP contribution is 2.09. The molecule has 0 saturated heterocycles. The second-order valence-electron chi connectivity index (χ2n) is 3.69. The van der Waals surface area contributed by atoms with Crippen LogP contribution in [0.25, 0.3) is 0 Å². The zero-order chi connectivity index (χ0) is 12.3. The third-order valence-corrected chi connectivity index (χ3v) is 2.44. The molecule has 1 N–H and O–H groups in total. The topological polar surface area (TPSA) is 42.7 Å². The van der Waals surface area contributed by atoms with E-state index in [0.29, 0.717) is 12.1 Å². The van der Waals surface area contributed by atoms with Crippen LogP contribution in [0.1, 0.15) is 11.3 Å². The molecule has 0 spiro atoms. The minimum Gasteiger partial charge on any atom is -0.307 e. The smallest absolute Gasteiger partial charge is 0.127 e. The predicted molar refractivity (Wildman–Crippen MR) is 57.9 cm³/mol. The van der Waals surface area contributed by atoms with Gasteiger partial charge in [-0.2, -0.15) is 0 Å². The van der Waals surface area contributed by atoms with Crippen LogP contribution in [0.4, 0.5) is 8.78 Å². The summed E-state index contributed by atoms with van der Waals surface area (Å²) in [6.45, 7) is 0.758. The van der Waals surface area contributed by atoms with Gasteiger partial charge in [0.25, 0.3) is 0 Å². The van der Waals surface area contributed by atoms with Gasteiger partial charge < -0.3 is 5.32 Å². The van der Waals surface area contributed by atoms with Gasteiger partial charge in [0, 0.05) is 25.7 Å². The van der Waals surface area contributed by atoms with Crippen LogP contribution in [-0.2, 0) is 20.1 Å². The number of hydrogen-bond donors (Lipinski definition) is 1. The first kappa shape index (κ1) is 11.7. The Kier molecular flexibility index (Phi) is 3.43. The number of hydrogen-bond acceptors (Lipinski definition) is 3. The largest absolute Gasteiger partial charge is 0.307 e. The summed E-state index contributed by atoms with van der Waals surface area (Å²) in [6, 6.07) is 3.41. The third-order valence-electron chi connectivity index (χ3n) is 2.44. The van der Waals surface area contributed by atoms with Crippen molar-refractivity contribution in [1.82, 2.24) is 20.3 Å². The van der Waals surface area contributed by atoms with Gasteiger partial charge in [-0.25, -0.2) is 8.78 Å². The standard InChI is InChI=1S/C11H12F2N4/c1-17-10(7-15-16-17)6-14-5-8-4-9(12)2-3-11(8)13/h2-4,7,14H,5-6H2,1H3. The first-order chi connectivity index (χ1) is 8.16. The molecule has 0 aliphatic heterocycles. The van der Waals surface area contributed by atoms with E-state index in [0.717, 1.165) is 17.8 Å². The Labute approximate surface area is 97.3 Å². The third kappa shape index (κ3) is 2.85. The molecule has 1 aromatic carbocycles. The van der Waals surface area contributed by atoms with E-state index in [9.17, 15) is 8.78 Å². The minimum atomic E-state index is -0.439. The molecule has 0 aliphatic rings. The molecule has 0 radical (unpaired) electrons. The van der Waals surface area contributed by atoms with Gasteiger partial charge in [-0.1, -0.05) is 5.21 Å². The van der Waals surface area contributed by atoms with Crippen molar-refractivity contribution >= 4 is 0 Å². The second kappa shape index (κ2) is 5.01. The highest BCUT2D eigenvalue weighted by molar-refractivity contribution is 5.18. The van der Waals surface area contributed by atoms with Crippen LogP contribution >= 0.6 is 0 Å². The second-order valence-corrected chi connectivity index (χ2v) is 3.69. The van der Waals surface area contributed by atoms with Crippen molar-refractivity contribution in [3.63, 3.8) is 0 Å². The van der Waals surface area contributed by atoms with Crippen molar-refractivity contribution in [2.45, 2.75) is 13.1 Å². The Bertz CT molecular complexity index is 510. The SMILES string of the molecule is Cn1nncc1CNCc1cc(F)ccc1F. The molecule has 2 rings (SSSR count). The molecule has 1 aromatic heterocycles. The highest BCUT2D eigenvalue weighted by Gasteiger charge is 2.04. The van der Waals surface area contributed by atoms with E-state index in [2.05, 4.69) is 15.6 Å². The summed E-state index contributed by atoms with van der Waals surface area (Å²) in [5, 5.41) is 10.5. The Morgan fingerprint density at radius 1 is 1.29 bits per heavy atom. The van der Waals surface area contributed by atoms with Gasteiger partial charge in [0.05, 0.1) is 11.9 Å². The fourth-order valence-corrected chi connectivity index (χ4v) is 1.47. The highest BCUT2D eigenvalue weighted by atomic mass is 19.1. The maximum absolute atomic E-state index is 13.3. The summed E-state index contributed by atoms with van der Waals surface area (Å²) in [6.07, 6.45) is 1.62. The molecule has 17 heavy (non-hydrogen) atoms. The lowest BCUT2D eigenvalue weighted by Crippen LogP contribution is -2.16. The molecule has 0 fully saturated rings. The molecule has 0 amide bonds. The van der Waals surface area contributed by atoms with Crippen molar-refractivity contribution in [1.29, 1.82) is 0 Å². The molecule has 2 aromatic rings. The number of nitrogens with one attached hydrogen (secondary N) is 1. The maximum Gasteiger partial charge on any atom is 0.127 e. The van der Waals surface area contributed by atoms with E-state index >= 15 is 0 Å². The lowest BCUT2D eigenvalue weighted by Gasteiger charge is -2.06. The van der Waals surface area contributed by atoms with Gasteiger partial charge >= 0.3 is 0 Å². The van der Waals surface area contributed by atoms with Gasteiger partial charge in [0.1, 0.15) is 11.6 Å². The predicted octanol–water partition coefficient (Wildman–Crippen LogP) is 1.38. The number of benzene rings is 1. The van der Waals surface area contributed by atoms with Crippen LogP contribution < -0.4 is 5.32 Å². The van der Waals surface area contributed by atoms with E-state index in [1.807, 2.05) is 0 Å². The Hall–Kier alpha value is -1.82. The summed E-state index contributed by atoms with van der Waals surface area (Å²) in [5.41, 5.74) is 1.18. The van der Waals surface area contributed by atoms with Crippen molar-refractivity contribution in [2.75, 3.05) is 0 Å². The average molecular weight is 238 g/mol. The Morgan fingerprint density at radius 2 is 2.12 bits per heavy atom. The van der Waals surface area contributed by atoms with Crippen molar-refractivity contribution in [3.8, 4) is 0 Å². The lowest BCUT2D eigenvalue weighted by molar-refractivity contribution is 0.560. The van der Waals surface area contributed by atoms with Crippen LogP contribution in [0.2, 0.25) is 0 Å². The molecule has 0 aliphatic carbocycles. The summed E-state index contributed by atoms with van der Waals surface area (Å²) >= 11 is 0. The Balaban J connectivity index is 1.94. The minimum absolute atomic E-state index is 0.259. The molecule has 4 nitrogen and oxygen atoms in total. The zero-order valence-corrected chi connectivity index (χ0v) is 9.32. The van der Waals surface area contributed by atoms with Crippen LogP contribution in [0.5, 0.6) is 0 Å². The van der Waals surface area contributed by atoms with Crippen molar-refractivity contribution < 1.29 is 8.78 Å². The van der Waals surface area contributed by atoms with Crippen molar-refractivity contribution in [2.24, 2.45) is 7.05 Å². The monoisotopic (exact) mass is 238 g/mol. The van der Waals surface area contributed by atoms with Gasteiger partial charge in [-0.3, -0.25) is 4.68 Å². The van der Waals surface area contributed by atoms with Gasteiger partial charge in [-0.15, -0.1) is 5.10 Å². The molecule has 1 heterocycles. The van der Waals surface area contributed by atoms with E-state index < -0.39 is 11.6 Å². The van der Waals surface area contributed by atoms with Crippen LogP contribution in [0.15, 0.2) is 24.4 Å². The molecular formula is C11H12F2N4. The fraction of sp³-hybridized carbons (Fsp3) is 0.273. The Morgan fingerprint density at radius 3 is 2.82 bits per heavy atom. The van der Waals surface area contributed by atoms with Crippen LogP contribution in [0.3, 0.4) is 0 Å². The molecule has 90 valence electrons. The van der Waals surface area contributed by atoms with Gasteiger partial charge in [0.2, 0.25) is 0 Å². The van der Waals surface area contributed by atoms with Gasteiger partial charge in [0.15, 0.2) is 0 Å². The van der Waals surface area contributed by atoms with Crippen LogP contribution in [-0.4, -0.2) is 15.0 Å². The maximum atomic E-state index is 13.3. The first-order valence-electron chi connectivity index (χ1n) is 5.15. The molecular weight excluding hydrogens is 226 g/mol. The summed E-state index contributed by atoms with van der Waals surface area (Å²) in [4.78, 5) is 0. The normalized spacial score (nSPS) is 10.8. The van der Waals surface area contributed by atoms with E-state index in [1.54, 1.807) is 17.9 Å². The fourth-order valence-electron chi connectivity index (χ4n) is 1.47. The summed E-state index contributed by atoms with van der Waals surface area (Å²) in [7, 11) is 1.77. The van der Waals surface area contributed by atoms with Crippen LogP contribution in [0, 0.1) is 11.6 Å². The molecule has 0 bridgehead atoms. The number of aryl methyl sites for hydroxylation is 1. The zero-order valence-electron chi connectivity index (χ0n) is 9.32. The summed E-state index contributed by atoms with van der Waals surface area (Å²) in [5.74, 6) is -0.854. The molecule has 0 atom stereocenters. The number of aromatic nitrogens is 3. The van der Waals surface area contributed by atoms with E-state index in [4.69, 9.17) is 0 Å². The van der Waals surface area contributed by atoms with Gasteiger partial charge in [-0.05, 0) is 18.2 Å².